The van der Waals surface area contributed by atoms with Crippen LogP contribution in [0.5, 0.6) is 0 Å². The van der Waals surface area contributed by atoms with Gasteiger partial charge in [0.05, 0.1) is 7.11 Å². The third-order valence-corrected chi connectivity index (χ3v) is 3.06. The van der Waals surface area contributed by atoms with Crippen molar-refractivity contribution in [2.45, 2.75) is 25.5 Å². The van der Waals surface area contributed by atoms with Crippen molar-refractivity contribution >= 4 is 12.1 Å². The van der Waals surface area contributed by atoms with Crippen LogP contribution in [0, 0.1) is 0 Å². The Morgan fingerprint density at radius 1 is 1.25 bits per heavy atom. The van der Waals surface area contributed by atoms with Crippen molar-refractivity contribution < 1.29 is 19.2 Å². The number of urea groups is 1. The second kappa shape index (κ2) is 6.38. The van der Waals surface area contributed by atoms with Gasteiger partial charge in [0, 0.05) is 13.1 Å². The van der Waals surface area contributed by atoms with Gasteiger partial charge in [-0.25, -0.2) is 19.6 Å². The summed E-state index contributed by atoms with van der Waals surface area (Å²) in [4.78, 5) is 30.0. The molecule has 0 atom stereocenters. The van der Waals surface area contributed by atoms with Crippen molar-refractivity contribution in [1.82, 2.24) is 9.96 Å². The molecule has 6 nitrogen and oxygen atoms in total. The molecule has 1 aliphatic rings. The van der Waals surface area contributed by atoms with E-state index in [9.17, 15) is 9.59 Å². The summed E-state index contributed by atoms with van der Waals surface area (Å²) < 4.78 is 5.19. The lowest BCUT2D eigenvalue weighted by molar-refractivity contribution is -0.0755. The van der Waals surface area contributed by atoms with Gasteiger partial charge >= 0.3 is 12.1 Å². The van der Waals surface area contributed by atoms with Gasteiger partial charge in [0.2, 0.25) is 0 Å². The van der Waals surface area contributed by atoms with Gasteiger partial charge in [-0.05, 0) is 18.4 Å². The summed E-state index contributed by atoms with van der Waals surface area (Å²) in [6.07, 6.45) is 0.984. The first kappa shape index (κ1) is 14.3. The van der Waals surface area contributed by atoms with Crippen LogP contribution in [0.2, 0.25) is 0 Å². The molecule has 0 N–H and O–H groups in total. The molecule has 2 rings (SSSR count). The monoisotopic (exact) mass is 278 g/mol. The van der Waals surface area contributed by atoms with Gasteiger partial charge in [-0.15, -0.1) is 0 Å². The minimum atomic E-state index is -0.634. The van der Waals surface area contributed by atoms with Crippen LogP contribution in [0.4, 0.5) is 9.59 Å². The van der Waals surface area contributed by atoms with Crippen LogP contribution in [-0.4, -0.2) is 42.3 Å². The Labute approximate surface area is 117 Å². The van der Waals surface area contributed by atoms with E-state index >= 15 is 0 Å². The maximum Gasteiger partial charge on any atom is 0.418 e. The van der Waals surface area contributed by atoms with Crippen molar-refractivity contribution in [2.75, 3.05) is 14.2 Å². The summed E-state index contributed by atoms with van der Waals surface area (Å²) in [5.41, 5.74) is 0.879. The second-order valence-corrected chi connectivity index (χ2v) is 4.60. The van der Waals surface area contributed by atoms with Crippen LogP contribution >= 0.6 is 0 Å². The molecule has 0 unspecified atom stereocenters. The summed E-state index contributed by atoms with van der Waals surface area (Å²) >= 11 is 0. The van der Waals surface area contributed by atoms with Crippen molar-refractivity contribution in [3.63, 3.8) is 0 Å². The van der Waals surface area contributed by atoms with Crippen LogP contribution in [0.15, 0.2) is 30.3 Å². The van der Waals surface area contributed by atoms with E-state index < -0.39 is 12.1 Å². The average Bonchev–Trinajstić information content (AvgIpc) is 3.30. The van der Waals surface area contributed by atoms with Crippen molar-refractivity contribution in [2.24, 2.45) is 0 Å². The zero-order valence-corrected chi connectivity index (χ0v) is 11.6. The molecule has 0 spiro atoms. The zero-order valence-electron chi connectivity index (χ0n) is 11.6. The standard InChI is InChI=1S/C14H18N2O4/c1-15(19-2)13(17)16(12-8-9-12)14(18)20-10-11-6-4-3-5-7-11/h3-7,12H,8-10H2,1-2H3. The number of carbonyl (C=O) groups is 2. The number of hydroxylamine groups is 2. The highest BCUT2D eigenvalue weighted by atomic mass is 16.7. The fourth-order valence-electron chi connectivity index (χ4n) is 1.73. The second-order valence-electron chi connectivity index (χ2n) is 4.60. The number of rotatable bonds is 4. The summed E-state index contributed by atoms with van der Waals surface area (Å²) in [6, 6.07) is 8.75. The van der Waals surface area contributed by atoms with E-state index in [4.69, 9.17) is 9.57 Å². The summed E-state index contributed by atoms with van der Waals surface area (Å²) in [5.74, 6) is 0. The molecule has 1 aromatic carbocycles. The first-order chi connectivity index (χ1) is 9.63. The van der Waals surface area contributed by atoms with Crippen molar-refractivity contribution in [1.29, 1.82) is 0 Å². The lowest BCUT2D eigenvalue weighted by Crippen LogP contribution is -2.45. The molecule has 1 saturated carbocycles. The van der Waals surface area contributed by atoms with Crippen LogP contribution in [-0.2, 0) is 16.2 Å². The molecule has 0 heterocycles. The van der Waals surface area contributed by atoms with Gasteiger partial charge in [0.1, 0.15) is 6.61 Å². The van der Waals surface area contributed by atoms with Crippen molar-refractivity contribution in [3.8, 4) is 0 Å². The Balaban J connectivity index is 1.96. The van der Waals surface area contributed by atoms with E-state index in [0.717, 1.165) is 28.4 Å². The Bertz CT molecular complexity index is 473. The third kappa shape index (κ3) is 3.48. The topological polar surface area (TPSA) is 59.1 Å². The molecule has 0 aromatic heterocycles. The summed E-state index contributed by atoms with van der Waals surface area (Å²) in [5, 5.41) is 1.02. The SMILES string of the molecule is CON(C)C(=O)N(C(=O)OCc1ccccc1)C1CC1. The number of nitrogens with zero attached hydrogens (tertiary/aromatic N) is 2. The average molecular weight is 278 g/mol. The van der Waals surface area contributed by atoms with E-state index in [1.807, 2.05) is 30.3 Å². The van der Waals surface area contributed by atoms with E-state index in [2.05, 4.69) is 0 Å². The zero-order chi connectivity index (χ0) is 14.5. The van der Waals surface area contributed by atoms with Gasteiger partial charge in [-0.3, -0.25) is 4.84 Å². The maximum atomic E-state index is 12.1. The molecule has 0 radical (unpaired) electrons. The minimum absolute atomic E-state index is 0.0802. The number of amides is 3. The smallest absolute Gasteiger partial charge is 0.418 e. The maximum absolute atomic E-state index is 12.1. The number of hydrogen-bond donors (Lipinski definition) is 0. The highest BCUT2D eigenvalue weighted by Gasteiger charge is 2.40. The lowest BCUT2D eigenvalue weighted by Gasteiger charge is -2.24. The third-order valence-electron chi connectivity index (χ3n) is 3.06. The first-order valence-electron chi connectivity index (χ1n) is 6.45. The van der Waals surface area contributed by atoms with Crippen LogP contribution in [0.1, 0.15) is 18.4 Å². The number of ether oxygens (including phenoxy) is 1. The van der Waals surface area contributed by atoms with Crippen LogP contribution in [0.25, 0.3) is 0 Å². The van der Waals surface area contributed by atoms with Gasteiger partial charge < -0.3 is 4.74 Å². The fraction of sp³-hybridized carbons (Fsp3) is 0.429. The number of carbonyl (C=O) groups excluding carboxylic acids is 2. The molecule has 1 aliphatic carbocycles. The Morgan fingerprint density at radius 3 is 2.45 bits per heavy atom. The summed E-state index contributed by atoms with van der Waals surface area (Å²) in [6.45, 7) is 0.146. The quantitative estimate of drug-likeness (QED) is 0.793. The molecule has 1 aromatic rings. The Kier molecular flexibility index (Phi) is 4.57. The van der Waals surface area contributed by atoms with Gasteiger partial charge in [-0.1, -0.05) is 30.3 Å². The molecule has 6 heteroatoms. The first-order valence-corrected chi connectivity index (χ1v) is 6.45. The largest absolute Gasteiger partial charge is 0.444 e. The van der Waals surface area contributed by atoms with Gasteiger partial charge in [-0.2, -0.15) is 0 Å². The fourth-order valence-corrected chi connectivity index (χ4v) is 1.73. The Morgan fingerprint density at radius 2 is 1.90 bits per heavy atom. The molecule has 108 valence electrons. The predicted octanol–water partition coefficient (Wildman–Crippen LogP) is 2.40. The van der Waals surface area contributed by atoms with E-state index in [0.29, 0.717) is 0 Å². The lowest BCUT2D eigenvalue weighted by atomic mass is 10.2. The normalized spacial score (nSPS) is 13.7. The molecule has 0 saturated heterocycles. The number of benzene rings is 1. The number of imide groups is 1. The molecule has 1 fully saturated rings. The van der Waals surface area contributed by atoms with E-state index in [-0.39, 0.29) is 12.6 Å². The molecule has 0 bridgehead atoms. The molecular formula is C14H18N2O4. The number of hydrogen-bond acceptors (Lipinski definition) is 4. The molecule has 3 amide bonds. The predicted molar refractivity (Wildman–Crippen MR) is 71.7 cm³/mol. The molecule has 0 aliphatic heterocycles. The van der Waals surface area contributed by atoms with E-state index in [1.54, 1.807) is 0 Å². The highest BCUT2D eigenvalue weighted by Crippen LogP contribution is 2.28. The highest BCUT2D eigenvalue weighted by molar-refractivity contribution is 5.91. The van der Waals surface area contributed by atoms with E-state index in [1.165, 1.54) is 14.2 Å². The summed E-state index contributed by atoms with van der Waals surface area (Å²) in [7, 11) is 2.83. The van der Waals surface area contributed by atoms with Crippen LogP contribution < -0.4 is 0 Å². The van der Waals surface area contributed by atoms with Gasteiger partial charge in [0.15, 0.2) is 0 Å². The van der Waals surface area contributed by atoms with Gasteiger partial charge in [0.25, 0.3) is 0 Å². The molecular weight excluding hydrogens is 260 g/mol. The minimum Gasteiger partial charge on any atom is -0.444 e. The van der Waals surface area contributed by atoms with Crippen LogP contribution in [0.3, 0.4) is 0 Å². The van der Waals surface area contributed by atoms with Crippen molar-refractivity contribution in [3.05, 3.63) is 35.9 Å². The molecule has 20 heavy (non-hydrogen) atoms. The Hall–Kier alpha value is -2.08.